The fourth-order valence-electron chi connectivity index (χ4n) is 3.72. The van der Waals surface area contributed by atoms with Crippen LogP contribution in [0.15, 0.2) is 66.7 Å². The largest absolute Gasteiger partial charge is 0.375 e. The van der Waals surface area contributed by atoms with Crippen LogP contribution in [0.1, 0.15) is 22.3 Å². The Morgan fingerprint density at radius 2 is 1.74 bits per heavy atom. The number of carbonyl (C=O) groups excluding carboxylic acids is 2. The molecule has 0 aromatic heterocycles. The molecule has 0 bridgehead atoms. The van der Waals surface area contributed by atoms with Crippen molar-refractivity contribution in [3.05, 3.63) is 77.9 Å². The number of rotatable bonds is 4. The van der Waals surface area contributed by atoms with Crippen molar-refractivity contribution in [2.24, 2.45) is 0 Å². The molecule has 4 rings (SSSR count). The van der Waals surface area contributed by atoms with Gasteiger partial charge in [0.2, 0.25) is 0 Å². The van der Waals surface area contributed by atoms with Gasteiger partial charge in [0.05, 0.1) is 18.7 Å². The van der Waals surface area contributed by atoms with E-state index in [0.29, 0.717) is 16.8 Å². The quantitative estimate of drug-likeness (QED) is 0.577. The van der Waals surface area contributed by atoms with Crippen molar-refractivity contribution >= 4 is 28.2 Å². The van der Waals surface area contributed by atoms with Crippen LogP contribution < -0.4 is 4.90 Å². The van der Waals surface area contributed by atoms with E-state index in [1.54, 1.807) is 36.4 Å². The van der Waals surface area contributed by atoms with E-state index in [9.17, 15) is 14.7 Å². The molecular formula is C23H17NO3. The van der Waals surface area contributed by atoms with Crippen molar-refractivity contribution in [2.75, 3.05) is 11.4 Å². The highest BCUT2D eigenvalue weighted by Crippen LogP contribution is 2.42. The maximum absolute atomic E-state index is 13.1. The predicted molar refractivity (Wildman–Crippen MR) is 104 cm³/mol. The van der Waals surface area contributed by atoms with Gasteiger partial charge in [0, 0.05) is 11.1 Å². The van der Waals surface area contributed by atoms with Crippen molar-refractivity contribution in [3.63, 3.8) is 0 Å². The molecule has 1 atom stereocenters. The van der Waals surface area contributed by atoms with Gasteiger partial charge in [-0.25, -0.2) is 0 Å². The molecule has 3 aromatic rings. The fourth-order valence-corrected chi connectivity index (χ4v) is 3.72. The SMILES string of the molecule is C#CCN1C(=O)[C@@](O)(CC(=O)c2cccc3ccccc23)c2ccccc21. The van der Waals surface area contributed by atoms with Gasteiger partial charge in [0.15, 0.2) is 11.4 Å². The first-order chi connectivity index (χ1) is 13.1. The Morgan fingerprint density at radius 1 is 1.04 bits per heavy atom. The van der Waals surface area contributed by atoms with Gasteiger partial charge in [-0.1, -0.05) is 66.6 Å². The van der Waals surface area contributed by atoms with Crippen LogP contribution in [0, 0.1) is 12.3 Å². The molecule has 1 N–H and O–H groups in total. The topological polar surface area (TPSA) is 57.6 Å². The van der Waals surface area contributed by atoms with Crippen LogP contribution in [0.3, 0.4) is 0 Å². The smallest absolute Gasteiger partial charge is 0.265 e. The van der Waals surface area contributed by atoms with E-state index < -0.39 is 11.5 Å². The Balaban J connectivity index is 1.76. The molecule has 1 heterocycles. The summed E-state index contributed by atoms with van der Waals surface area (Å²) >= 11 is 0. The molecule has 1 amide bonds. The zero-order valence-electron chi connectivity index (χ0n) is 14.6. The van der Waals surface area contributed by atoms with Gasteiger partial charge in [-0.2, -0.15) is 0 Å². The molecule has 0 fully saturated rings. The highest BCUT2D eigenvalue weighted by atomic mass is 16.3. The summed E-state index contributed by atoms with van der Waals surface area (Å²) in [4.78, 5) is 27.4. The first-order valence-corrected chi connectivity index (χ1v) is 8.64. The Morgan fingerprint density at radius 3 is 2.56 bits per heavy atom. The third kappa shape index (κ3) is 2.61. The first kappa shape index (κ1) is 17.0. The van der Waals surface area contributed by atoms with Crippen molar-refractivity contribution < 1.29 is 14.7 Å². The lowest BCUT2D eigenvalue weighted by Crippen LogP contribution is -2.42. The molecule has 0 saturated heterocycles. The third-order valence-electron chi connectivity index (χ3n) is 5.00. The number of anilines is 1. The van der Waals surface area contributed by atoms with Gasteiger partial charge >= 0.3 is 0 Å². The van der Waals surface area contributed by atoms with Crippen LogP contribution >= 0.6 is 0 Å². The standard InChI is InChI=1S/C23H17NO3/c1-2-14-24-20-13-6-5-12-19(20)23(27,22(24)26)15-21(25)18-11-7-9-16-8-3-4-10-17(16)18/h1,3-13,27H,14-15H2/t23-/m1/s1. The maximum atomic E-state index is 13.1. The minimum Gasteiger partial charge on any atom is -0.375 e. The molecule has 0 radical (unpaired) electrons. The summed E-state index contributed by atoms with van der Waals surface area (Å²) in [7, 11) is 0. The molecule has 0 spiro atoms. The maximum Gasteiger partial charge on any atom is 0.265 e. The van der Waals surface area contributed by atoms with Gasteiger partial charge in [-0.15, -0.1) is 6.42 Å². The number of amides is 1. The van der Waals surface area contributed by atoms with Crippen LogP contribution in [0.4, 0.5) is 5.69 Å². The van der Waals surface area contributed by atoms with E-state index in [1.165, 1.54) is 4.90 Å². The molecule has 27 heavy (non-hydrogen) atoms. The number of fused-ring (bicyclic) bond motifs is 2. The second-order valence-electron chi connectivity index (χ2n) is 6.60. The monoisotopic (exact) mass is 355 g/mol. The third-order valence-corrected chi connectivity index (χ3v) is 5.00. The second-order valence-corrected chi connectivity index (χ2v) is 6.60. The van der Waals surface area contributed by atoms with Crippen molar-refractivity contribution in [3.8, 4) is 12.3 Å². The van der Waals surface area contributed by atoms with E-state index in [2.05, 4.69) is 5.92 Å². The Labute approximate surface area is 157 Å². The summed E-state index contributed by atoms with van der Waals surface area (Å²) in [6.45, 7) is 0.0423. The molecule has 132 valence electrons. The molecule has 4 nitrogen and oxygen atoms in total. The molecule has 1 aliphatic rings. The average Bonchev–Trinajstić information content (AvgIpc) is 2.90. The average molecular weight is 355 g/mol. The van der Waals surface area contributed by atoms with Crippen LogP contribution in [-0.4, -0.2) is 23.3 Å². The summed E-state index contributed by atoms with van der Waals surface area (Å²) in [5, 5.41) is 13.0. The first-order valence-electron chi connectivity index (χ1n) is 8.64. The van der Waals surface area contributed by atoms with Crippen LogP contribution in [0.25, 0.3) is 10.8 Å². The summed E-state index contributed by atoms with van der Waals surface area (Å²) in [6, 6.07) is 19.9. The van der Waals surface area contributed by atoms with E-state index in [1.807, 2.05) is 30.3 Å². The van der Waals surface area contributed by atoms with Gasteiger partial charge in [-0.05, 0) is 16.8 Å². The van der Waals surface area contributed by atoms with Crippen LogP contribution in [0.5, 0.6) is 0 Å². The minimum absolute atomic E-state index is 0.0423. The van der Waals surface area contributed by atoms with Crippen molar-refractivity contribution in [2.45, 2.75) is 12.0 Å². The predicted octanol–water partition coefficient (Wildman–Crippen LogP) is 3.28. The number of aliphatic hydroxyl groups is 1. The summed E-state index contributed by atoms with van der Waals surface area (Å²) in [5.74, 6) is 1.59. The van der Waals surface area contributed by atoms with Gasteiger partial charge in [0.25, 0.3) is 5.91 Å². The van der Waals surface area contributed by atoms with Crippen molar-refractivity contribution in [1.82, 2.24) is 0 Å². The molecule has 1 aliphatic heterocycles. The Hall–Kier alpha value is -3.42. The van der Waals surface area contributed by atoms with Crippen LogP contribution in [0.2, 0.25) is 0 Å². The highest BCUT2D eigenvalue weighted by molar-refractivity contribution is 6.14. The Bertz CT molecular complexity index is 1110. The second kappa shape index (κ2) is 6.39. The number of terminal acetylenes is 1. The van der Waals surface area contributed by atoms with E-state index in [4.69, 9.17) is 6.42 Å². The van der Waals surface area contributed by atoms with Gasteiger partial charge in [0.1, 0.15) is 0 Å². The number of Topliss-reactive ketones (excluding diaryl/α,β-unsaturated/α-hetero) is 1. The number of para-hydroxylation sites is 1. The zero-order valence-corrected chi connectivity index (χ0v) is 14.6. The number of hydrogen-bond donors (Lipinski definition) is 1. The highest BCUT2D eigenvalue weighted by Gasteiger charge is 2.50. The van der Waals surface area contributed by atoms with Crippen molar-refractivity contribution in [1.29, 1.82) is 0 Å². The van der Waals surface area contributed by atoms with Crippen LogP contribution in [-0.2, 0) is 10.4 Å². The molecule has 0 aliphatic carbocycles. The van der Waals surface area contributed by atoms with Gasteiger partial charge < -0.3 is 5.11 Å². The lowest BCUT2D eigenvalue weighted by atomic mass is 9.87. The minimum atomic E-state index is -1.92. The number of carbonyl (C=O) groups is 2. The summed E-state index contributed by atoms with van der Waals surface area (Å²) in [6.07, 6.45) is 5.04. The number of nitrogens with zero attached hydrogens (tertiary/aromatic N) is 1. The fraction of sp³-hybridized carbons (Fsp3) is 0.130. The van der Waals surface area contributed by atoms with E-state index in [-0.39, 0.29) is 18.7 Å². The lowest BCUT2D eigenvalue weighted by molar-refractivity contribution is -0.135. The molecule has 0 saturated carbocycles. The summed E-state index contributed by atoms with van der Waals surface area (Å²) < 4.78 is 0. The molecule has 0 unspecified atom stereocenters. The normalized spacial score (nSPS) is 18.4. The van der Waals surface area contributed by atoms with E-state index >= 15 is 0 Å². The molecular weight excluding hydrogens is 338 g/mol. The number of benzene rings is 3. The molecule has 4 heteroatoms. The van der Waals surface area contributed by atoms with Gasteiger partial charge in [-0.3, -0.25) is 14.5 Å². The lowest BCUT2D eigenvalue weighted by Gasteiger charge is -2.22. The van der Waals surface area contributed by atoms with E-state index in [0.717, 1.165) is 10.8 Å². The summed E-state index contributed by atoms with van der Waals surface area (Å²) in [5.41, 5.74) is -0.462. The zero-order chi connectivity index (χ0) is 19.0. The molecule has 3 aromatic carbocycles. The number of ketones is 1. The number of hydrogen-bond acceptors (Lipinski definition) is 3. The Kier molecular flexibility index (Phi) is 4.02.